The highest BCUT2D eigenvalue weighted by Crippen LogP contribution is 2.15. The van der Waals surface area contributed by atoms with E-state index in [0.717, 1.165) is 0 Å². The van der Waals surface area contributed by atoms with Crippen molar-refractivity contribution in [2.75, 3.05) is 13.1 Å². The Morgan fingerprint density at radius 1 is 1.60 bits per heavy atom. The van der Waals surface area contributed by atoms with E-state index in [0.29, 0.717) is 6.04 Å². The van der Waals surface area contributed by atoms with E-state index in [4.69, 9.17) is 0 Å². The maximum atomic E-state index is 4.10. The predicted molar refractivity (Wildman–Crippen MR) is 44.9 cm³/mol. The number of hydrogen-bond acceptors (Lipinski definition) is 1. The summed E-state index contributed by atoms with van der Waals surface area (Å²) in [5, 5.41) is 0. The first-order valence-corrected chi connectivity index (χ1v) is 4.41. The van der Waals surface area contributed by atoms with Crippen LogP contribution in [0.1, 0.15) is 32.6 Å². The minimum Gasteiger partial charge on any atom is -0.300 e. The minimum atomic E-state index is 0.617. The molecule has 1 nitrogen and oxygen atoms in total. The van der Waals surface area contributed by atoms with Gasteiger partial charge < -0.3 is 4.90 Å². The second-order valence-corrected chi connectivity index (χ2v) is 3.19. The average Bonchev–Trinajstić information content (AvgIpc) is 2.31. The van der Waals surface area contributed by atoms with Crippen molar-refractivity contribution in [3.8, 4) is 0 Å². The zero-order valence-corrected chi connectivity index (χ0v) is 6.97. The lowest BCUT2D eigenvalue weighted by Gasteiger charge is -2.19. The molecule has 1 saturated heterocycles. The first-order chi connectivity index (χ1) is 4.84. The molecule has 0 aromatic heterocycles. The van der Waals surface area contributed by atoms with Crippen molar-refractivity contribution in [1.82, 2.24) is 4.90 Å². The Balaban J connectivity index is 2.14. The van der Waals surface area contributed by atoms with E-state index in [1.54, 1.807) is 0 Å². The third-order valence-electron chi connectivity index (χ3n) is 2.30. The first kappa shape index (κ1) is 8.06. The highest BCUT2D eigenvalue weighted by molar-refractivity contribution is 4.80. The third kappa shape index (κ3) is 1.98. The largest absolute Gasteiger partial charge is 0.300 e. The molecule has 1 unspecified atom stereocenters. The summed E-state index contributed by atoms with van der Waals surface area (Å²) in [6.07, 6.45) is 5.32. The molecule has 1 radical (unpaired) electrons. The lowest BCUT2D eigenvalue weighted by atomic mass is 10.2. The van der Waals surface area contributed by atoms with Crippen LogP contribution in [0.5, 0.6) is 0 Å². The summed E-state index contributed by atoms with van der Waals surface area (Å²) in [5.74, 6) is 0. The van der Waals surface area contributed by atoms with Crippen molar-refractivity contribution in [1.29, 1.82) is 0 Å². The second-order valence-electron chi connectivity index (χ2n) is 3.19. The Morgan fingerprint density at radius 2 is 2.40 bits per heavy atom. The van der Waals surface area contributed by atoms with Crippen LogP contribution in [-0.4, -0.2) is 24.0 Å². The van der Waals surface area contributed by atoms with Gasteiger partial charge in [-0.3, -0.25) is 0 Å². The minimum absolute atomic E-state index is 0.617. The standard InChI is InChI=1S/C9H18N/c1-3-4-7-10-8-5-6-9(10)2/h9H,2-8H2,1H3. The molecule has 59 valence electrons. The molecule has 1 rings (SSSR count). The lowest BCUT2D eigenvalue weighted by Crippen LogP contribution is -2.27. The zero-order chi connectivity index (χ0) is 7.40. The summed E-state index contributed by atoms with van der Waals surface area (Å²) in [7, 11) is 0. The molecule has 0 N–H and O–H groups in total. The normalized spacial score (nSPS) is 27.6. The zero-order valence-electron chi connectivity index (χ0n) is 6.97. The number of nitrogens with zero attached hydrogens (tertiary/aromatic N) is 1. The Morgan fingerprint density at radius 3 is 2.90 bits per heavy atom. The molecule has 1 aliphatic rings. The number of unbranched alkanes of at least 4 members (excludes halogenated alkanes) is 1. The van der Waals surface area contributed by atoms with Gasteiger partial charge in [0.15, 0.2) is 0 Å². The molecule has 0 spiro atoms. The molecule has 1 heterocycles. The smallest absolute Gasteiger partial charge is 0.00963 e. The average molecular weight is 140 g/mol. The maximum absolute atomic E-state index is 4.10. The quantitative estimate of drug-likeness (QED) is 0.580. The van der Waals surface area contributed by atoms with Crippen LogP contribution in [0, 0.1) is 6.92 Å². The van der Waals surface area contributed by atoms with Gasteiger partial charge >= 0.3 is 0 Å². The van der Waals surface area contributed by atoms with Gasteiger partial charge in [-0.2, -0.15) is 0 Å². The molecule has 0 saturated carbocycles. The SMILES string of the molecule is [CH2]C1CCCN1CCCC. The summed E-state index contributed by atoms with van der Waals surface area (Å²) < 4.78 is 0. The Kier molecular flexibility index (Phi) is 3.20. The van der Waals surface area contributed by atoms with Crippen molar-refractivity contribution in [3.63, 3.8) is 0 Å². The predicted octanol–water partition coefficient (Wildman–Crippen LogP) is 2.08. The van der Waals surface area contributed by atoms with Gasteiger partial charge in [0.2, 0.25) is 0 Å². The highest BCUT2D eigenvalue weighted by atomic mass is 15.2. The summed E-state index contributed by atoms with van der Waals surface area (Å²) in [6, 6.07) is 0.617. The van der Waals surface area contributed by atoms with E-state index in [-0.39, 0.29) is 0 Å². The van der Waals surface area contributed by atoms with Crippen molar-refractivity contribution < 1.29 is 0 Å². The number of hydrogen-bond donors (Lipinski definition) is 0. The summed E-state index contributed by atoms with van der Waals surface area (Å²) in [5.41, 5.74) is 0. The molecule has 0 amide bonds. The van der Waals surface area contributed by atoms with Gasteiger partial charge in [-0.1, -0.05) is 13.3 Å². The van der Waals surface area contributed by atoms with Crippen LogP contribution >= 0.6 is 0 Å². The van der Waals surface area contributed by atoms with E-state index < -0.39 is 0 Å². The van der Waals surface area contributed by atoms with E-state index in [2.05, 4.69) is 18.7 Å². The van der Waals surface area contributed by atoms with E-state index >= 15 is 0 Å². The molecule has 10 heavy (non-hydrogen) atoms. The fraction of sp³-hybridized carbons (Fsp3) is 0.889. The number of rotatable bonds is 3. The van der Waals surface area contributed by atoms with Crippen LogP contribution in [0.3, 0.4) is 0 Å². The lowest BCUT2D eigenvalue weighted by molar-refractivity contribution is 0.283. The van der Waals surface area contributed by atoms with Gasteiger partial charge in [-0.25, -0.2) is 0 Å². The topological polar surface area (TPSA) is 3.24 Å². The number of likely N-dealkylation sites (tertiary alicyclic amines) is 1. The van der Waals surface area contributed by atoms with Crippen molar-refractivity contribution >= 4 is 0 Å². The van der Waals surface area contributed by atoms with Crippen molar-refractivity contribution in [2.45, 2.75) is 38.6 Å². The van der Waals surface area contributed by atoms with Gasteiger partial charge in [0.1, 0.15) is 0 Å². The molecule has 1 heteroatoms. The summed E-state index contributed by atoms with van der Waals surface area (Å²) in [4.78, 5) is 2.50. The molecule has 1 atom stereocenters. The molecule has 0 aromatic carbocycles. The van der Waals surface area contributed by atoms with Crippen LogP contribution < -0.4 is 0 Å². The fourth-order valence-corrected chi connectivity index (χ4v) is 1.55. The van der Waals surface area contributed by atoms with E-state index in [1.807, 2.05) is 0 Å². The molecule has 0 aromatic rings. The molecular formula is C9H18N. The molecule has 1 aliphatic heterocycles. The first-order valence-electron chi connectivity index (χ1n) is 4.41. The van der Waals surface area contributed by atoms with Crippen LogP contribution in [0.4, 0.5) is 0 Å². The second kappa shape index (κ2) is 3.97. The Labute approximate surface area is 64.4 Å². The van der Waals surface area contributed by atoms with Gasteiger partial charge in [0.05, 0.1) is 0 Å². The molecule has 0 bridgehead atoms. The van der Waals surface area contributed by atoms with Crippen molar-refractivity contribution in [2.24, 2.45) is 0 Å². The van der Waals surface area contributed by atoms with Gasteiger partial charge in [-0.15, -0.1) is 0 Å². The highest BCUT2D eigenvalue weighted by Gasteiger charge is 2.18. The Bertz CT molecular complexity index is 90.7. The fourth-order valence-electron chi connectivity index (χ4n) is 1.55. The van der Waals surface area contributed by atoms with E-state index in [9.17, 15) is 0 Å². The van der Waals surface area contributed by atoms with Crippen LogP contribution in [0.2, 0.25) is 0 Å². The monoisotopic (exact) mass is 140 g/mol. The maximum Gasteiger partial charge on any atom is 0.00963 e. The Hall–Kier alpha value is -0.0400. The van der Waals surface area contributed by atoms with Crippen molar-refractivity contribution in [3.05, 3.63) is 6.92 Å². The van der Waals surface area contributed by atoms with Crippen LogP contribution in [-0.2, 0) is 0 Å². The van der Waals surface area contributed by atoms with Gasteiger partial charge in [0.25, 0.3) is 0 Å². The van der Waals surface area contributed by atoms with Crippen LogP contribution in [0.15, 0.2) is 0 Å². The van der Waals surface area contributed by atoms with E-state index in [1.165, 1.54) is 38.8 Å². The van der Waals surface area contributed by atoms with Gasteiger partial charge in [0, 0.05) is 6.04 Å². The summed E-state index contributed by atoms with van der Waals surface area (Å²) >= 11 is 0. The van der Waals surface area contributed by atoms with Crippen LogP contribution in [0.25, 0.3) is 0 Å². The molecular weight excluding hydrogens is 122 g/mol. The molecule has 0 aliphatic carbocycles. The van der Waals surface area contributed by atoms with Gasteiger partial charge in [-0.05, 0) is 39.3 Å². The third-order valence-corrected chi connectivity index (χ3v) is 2.30. The molecule has 1 fully saturated rings. The summed E-state index contributed by atoms with van der Waals surface area (Å²) in [6.45, 7) is 8.90.